The molecule has 0 aliphatic heterocycles. The van der Waals surface area contributed by atoms with Crippen LogP contribution in [0.25, 0.3) is 0 Å². The number of carbonyl (C=O) groups is 1. The van der Waals surface area contributed by atoms with E-state index in [2.05, 4.69) is 17.2 Å². The number of ether oxygens (including phenoxy) is 1. The third-order valence-corrected chi connectivity index (χ3v) is 3.14. The largest absolute Gasteiger partial charge is 0.372 e. The quantitative estimate of drug-likeness (QED) is 0.776. The third-order valence-electron chi connectivity index (χ3n) is 2.22. The van der Waals surface area contributed by atoms with Crippen LogP contribution in [-0.4, -0.2) is 25.7 Å². The maximum atomic E-state index is 11.5. The van der Waals surface area contributed by atoms with Crippen molar-refractivity contribution in [1.29, 1.82) is 0 Å². The number of carbonyl (C=O) groups excluding carboxylic acids is 1. The molecule has 1 aromatic rings. The van der Waals surface area contributed by atoms with E-state index in [9.17, 15) is 4.79 Å². The minimum Gasteiger partial charge on any atom is -0.372 e. The lowest BCUT2D eigenvalue weighted by Gasteiger charge is -2.09. The summed E-state index contributed by atoms with van der Waals surface area (Å²) in [6.07, 6.45) is -0.437. The molecule has 0 bridgehead atoms. The van der Waals surface area contributed by atoms with Crippen LogP contribution in [0.4, 0.5) is 0 Å². The van der Waals surface area contributed by atoms with Crippen molar-refractivity contribution in [2.24, 2.45) is 5.73 Å². The zero-order chi connectivity index (χ0) is 12.7. The van der Waals surface area contributed by atoms with Crippen LogP contribution in [0, 0.1) is 11.8 Å². The van der Waals surface area contributed by atoms with Crippen LogP contribution in [0.2, 0.25) is 0 Å². The molecule has 1 aromatic heterocycles. The van der Waals surface area contributed by atoms with Gasteiger partial charge in [-0.05, 0) is 18.4 Å². The van der Waals surface area contributed by atoms with Gasteiger partial charge in [-0.1, -0.05) is 11.8 Å². The van der Waals surface area contributed by atoms with Gasteiger partial charge in [0.15, 0.2) is 0 Å². The first kappa shape index (κ1) is 13.7. The molecule has 1 amide bonds. The predicted molar refractivity (Wildman–Crippen MR) is 68.6 cm³/mol. The Bertz CT molecular complexity index is 431. The number of thiophene rings is 1. The van der Waals surface area contributed by atoms with E-state index >= 15 is 0 Å². The molecule has 5 heteroatoms. The van der Waals surface area contributed by atoms with E-state index in [-0.39, 0.29) is 5.91 Å². The zero-order valence-electron chi connectivity index (χ0n) is 9.95. The molecule has 0 aliphatic carbocycles. The van der Waals surface area contributed by atoms with Crippen LogP contribution in [0.1, 0.15) is 17.4 Å². The van der Waals surface area contributed by atoms with Gasteiger partial charge in [0, 0.05) is 17.6 Å². The average Bonchev–Trinajstić information content (AvgIpc) is 2.79. The Labute approximate surface area is 105 Å². The Kier molecular flexibility index (Phi) is 5.70. The van der Waals surface area contributed by atoms with E-state index in [4.69, 9.17) is 10.5 Å². The van der Waals surface area contributed by atoms with Crippen molar-refractivity contribution in [2.45, 2.75) is 19.6 Å². The summed E-state index contributed by atoms with van der Waals surface area (Å²) in [5, 5.41) is 4.75. The minimum absolute atomic E-state index is 0.126. The minimum atomic E-state index is -0.437. The van der Waals surface area contributed by atoms with E-state index in [1.807, 2.05) is 11.4 Å². The van der Waals surface area contributed by atoms with Crippen molar-refractivity contribution >= 4 is 17.2 Å². The van der Waals surface area contributed by atoms with Crippen molar-refractivity contribution in [3.8, 4) is 11.8 Å². The SMILES string of the molecule is COC(C)C(=O)NCc1sccc1C#CCN. The van der Waals surface area contributed by atoms with Gasteiger partial charge in [-0.25, -0.2) is 0 Å². The Morgan fingerprint density at radius 3 is 3.12 bits per heavy atom. The number of nitrogens with two attached hydrogens (primary N) is 1. The first-order valence-corrected chi connectivity index (χ1v) is 6.12. The average molecular weight is 252 g/mol. The highest BCUT2D eigenvalue weighted by Crippen LogP contribution is 2.15. The third kappa shape index (κ3) is 4.19. The highest BCUT2D eigenvalue weighted by molar-refractivity contribution is 7.10. The summed E-state index contributed by atoms with van der Waals surface area (Å²) in [6, 6.07) is 1.93. The first-order valence-electron chi connectivity index (χ1n) is 5.24. The van der Waals surface area contributed by atoms with Gasteiger partial charge in [-0.2, -0.15) is 0 Å². The van der Waals surface area contributed by atoms with Crippen LogP contribution in [-0.2, 0) is 16.1 Å². The number of methoxy groups -OCH3 is 1. The summed E-state index contributed by atoms with van der Waals surface area (Å²) in [5.41, 5.74) is 6.24. The van der Waals surface area contributed by atoms with Crippen molar-refractivity contribution < 1.29 is 9.53 Å². The standard InChI is InChI=1S/C12H16N2O2S/c1-9(16-2)12(15)14-8-11-10(4-3-6-13)5-7-17-11/h5,7,9H,6,8,13H2,1-2H3,(H,14,15). The van der Waals surface area contributed by atoms with Crippen molar-refractivity contribution in [3.05, 3.63) is 21.9 Å². The summed E-state index contributed by atoms with van der Waals surface area (Å²) in [7, 11) is 1.51. The fourth-order valence-electron chi connectivity index (χ4n) is 1.15. The van der Waals surface area contributed by atoms with E-state index in [0.717, 1.165) is 10.4 Å². The van der Waals surface area contributed by atoms with Gasteiger partial charge < -0.3 is 15.8 Å². The predicted octanol–water partition coefficient (Wildman–Crippen LogP) is 0.709. The topological polar surface area (TPSA) is 64.3 Å². The number of amides is 1. The molecule has 0 saturated carbocycles. The molecule has 0 aromatic carbocycles. The first-order chi connectivity index (χ1) is 8.19. The Morgan fingerprint density at radius 2 is 2.47 bits per heavy atom. The molecule has 92 valence electrons. The number of hydrogen-bond acceptors (Lipinski definition) is 4. The molecule has 0 spiro atoms. The van der Waals surface area contributed by atoms with Crippen LogP contribution in [0.15, 0.2) is 11.4 Å². The normalized spacial score (nSPS) is 11.5. The molecule has 1 atom stereocenters. The maximum absolute atomic E-state index is 11.5. The summed E-state index contributed by atoms with van der Waals surface area (Å²) in [4.78, 5) is 12.5. The highest BCUT2D eigenvalue weighted by atomic mass is 32.1. The van der Waals surface area contributed by atoms with Gasteiger partial charge >= 0.3 is 0 Å². The molecule has 4 nitrogen and oxygen atoms in total. The number of nitrogens with one attached hydrogen (secondary N) is 1. The maximum Gasteiger partial charge on any atom is 0.249 e. The fraction of sp³-hybridized carbons (Fsp3) is 0.417. The van der Waals surface area contributed by atoms with Gasteiger partial charge in [-0.15, -0.1) is 11.3 Å². The van der Waals surface area contributed by atoms with Gasteiger partial charge in [0.2, 0.25) is 5.91 Å². The Balaban J connectivity index is 2.58. The molecule has 0 saturated heterocycles. The van der Waals surface area contributed by atoms with Gasteiger partial charge in [-0.3, -0.25) is 4.79 Å². The highest BCUT2D eigenvalue weighted by Gasteiger charge is 2.11. The molecule has 0 radical (unpaired) electrons. The number of rotatable bonds is 4. The second-order valence-corrected chi connectivity index (χ2v) is 4.36. The second kappa shape index (κ2) is 7.07. The van der Waals surface area contributed by atoms with E-state index in [0.29, 0.717) is 13.1 Å². The molecule has 1 heterocycles. The summed E-state index contributed by atoms with van der Waals surface area (Å²) < 4.78 is 4.92. The van der Waals surface area contributed by atoms with Crippen LogP contribution < -0.4 is 11.1 Å². The van der Waals surface area contributed by atoms with Gasteiger partial charge in [0.1, 0.15) is 6.10 Å². The summed E-state index contributed by atoms with van der Waals surface area (Å²) in [5.74, 6) is 5.65. The van der Waals surface area contributed by atoms with Crippen molar-refractivity contribution in [2.75, 3.05) is 13.7 Å². The van der Waals surface area contributed by atoms with E-state index in [1.165, 1.54) is 7.11 Å². The lowest BCUT2D eigenvalue weighted by Crippen LogP contribution is -2.33. The monoisotopic (exact) mass is 252 g/mol. The van der Waals surface area contributed by atoms with Crippen LogP contribution in [0.5, 0.6) is 0 Å². The van der Waals surface area contributed by atoms with E-state index < -0.39 is 6.10 Å². The number of hydrogen-bond donors (Lipinski definition) is 2. The summed E-state index contributed by atoms with van der Waals surface area (Å²) >= 11 is 1.56. The molecular formula is C12H16N2O2S. The summed E-state index contributed by atoms with van der Waals surface area (Å²) in [6.45, 7) is 2.51. The molecule has 1 unspecified atom stereocenters. The zero-order valence-corrected chi connectivity index (χ0v) is 10.8. The Hall–Kier alpha value is -1.35. The molecule has 0 aliphatic rings. The van der Waals surface area contributed by atoms with E-state index in [1.54, 1.807) is 18.3 Å². The molecule has 3 N–H and O–H groups in total. The molecule has 1 rings (SSSR count). The van der Waals surface area contributed by atoms with Crippen LogP contribution in [0.3, 0.4) is 0 Å². The lowest BCUT2D eigenvalue weighted by atomic mass is 10.2. The molecule has 17 heavy (non-hydrogen) atoms. The van der Waals surface area contributed by atoms with Crippen molar-refractivity contribution in [3.63, 3.8) is 0 Å². The fourth-order valence-corrected chi connectivity index (χ4v) is 1.92. The molecular weight excluding hydrogens is 236 g/mol. The van der Waals surface area contributed by atoms with Gasteiger partial charge in [0.25, 0.3) is 0 Å². The lowest BCUT2D eigenvalue weighted by molar-refractivity contribution is -0.130. The smallest absolute Gasteiger partial charge is 0.249 e. The Morgan fingerprint density at radius 1 is 1.71 bits per heavy atom. The van der Waals surface area contributed by atoms with Gasteiger partial charge in [0.05, 0.1) is 13.1 Å². The second-order valence-electron chi connectivity index (χ2n) is 3.36. The molecule has 0 fully saturated rings. The van der Waals surface area contributed by atoms with Crippen molar-refractivity contribution in [1.82, 2.24) is 5.32 Å². The van der Waals surface area contributed by atoms with Crippen LogP contribution >= 0.6 is 11.3 Å².